The lowest BCUT2D eigenvalue weighted by atomic mass is 10.2. The van der Waals surface area contributed by atoms with Crippen LogP contribution >= 0.6 is 23.2 Å². The number of amides is 1. The minimum atomic E-state index is -0.338. The number of carbonyl (C=O) groups is 1. The van der Waals surface area contributed by atoms with Gasteiger partial charge in [-0.25, -0.2) is 5.43 Å². The summed E-state index contributed by atoms with van der Waals surface area (Å²) in [6.07, 6.45) is 3.09. The van der Waals surface area contributed by atoms with Crippen molar-refractivity contribution in [2.45, 2.75) is 0 Å². The van der Waals surface area contributed by atoms with Gasteiger partial charge in [0.2, 0.25) is 0 Å². The Morgan fingerprint density at radius 3 is 2.65 bits per heavy atom. The Balaban J connectivity index is 1.97. The fraction of sp³-hybridized carbons (Fsp3) is 0.0588. The highest BCUT2D eigenvalue weighted by molar-refractivity contribution is 6.43. The molecule has 0 heterocycles. The van der Waals surface area contributed by atoms with Crippen LogP contribution in [0, 0.1) is 0 Å². The second kappa shape index (κ2) is 8.36. The first kappa shape index (κ1) is 17.1. The number of rotatable bonds is 6. The number of ether oxygens (including phenoxy) is 1. The quantitative estimate of drug-likeness (QED) is 0.480. The number of carbonyl (C=O) groups excluding carboxylic acids is 1. The summed E-state index contributed by atoms with van der Waals surface area (Å²) in [6.45, 7) is 3.98. The fourth-order valence-corrected chi connectivity index (χ4v) is 2.06. The van der Waals surface area contributed by atoms with Gasteiger partial charge in [-0.15, -0.1) is 0 Å². The number of benzene rings is 2. The molecule has 0 aliphatic rings. The first-order valence-electron chi connectivity index (χ1n) is 6.73. The number of hydrogen-bond donors (Lipinski definition) is 1. The van der Waals surface area contributed by atoms with E-state index in [4.69, 9.17) is 27.9 Å². The molecule has 0 aliphatic heterocycles. The van der Waals surface area contributed by atoms with Gasteiger partial charge in [0, 0.05) is 11.1 Å². The summed E-state index contributed by atoms with van der Waals surface area (Å²) in [4.78, 5) is 12.0. The first-order chi connectivity index (χ1) is 11.1. The lowest BCUT2D eigenvalue weighted by Crippen LogP contribution is -2.17. The zero-order valence-corrected chi connectivity index (χ0v) is 13.6. The summed E-state index contributed by atoms with van der Waals surface area (Å²) in [6, 6.07) is 11.9. The van der Waals surface area contributed by atoms with E-state index in [-0.39, 0.29) is 5.91 Å². The minimum absolute atomic E-state index is 0.338. The van der Waals surface area contributed by atoms with E-state index in [9.17, 15) is 4.79 Å². The zero-order valence-electron chi connectivity index (χ0n) is 12.1. The van der Waals surface area contributed by atoms with Crippen LogP contribution in [-0.2, 0) is 0 Å². The van der Waals surface area contributed by atoms with Crippen LogP contribution in [0.1, 0.15) is 15.9 Å². The Morgan fingerprint density at radius 1 is 1.22 bits per heavy atom. The number of nitrogens with zero attached hydrogens (tertiary/aromatic N) is 1. The SMILES string of the molecule is C=CCOc1ccc(C(=O)N/N=C\c2cccc(Cl)c2Cl)cc1. The molecule has 0 radical (unpaired) electrons. The molecule has 0 aliphatic carbocycles. The van der Waals surface area contributed by atoms with Gasteiger partial charge in [0.25, 0.3) is 5.91 Å². The molecule has 6 heteroatoms. The van der Waals surface area contributed by atoms with E-state index in [0.29, 0.717) is 33.5 Å². The number of halogens is 2. The average molecular weight is 349 g/mol. The molecule has 0 aromatic heterocycles. The maximum Gasteiger partial charge on any atom is 0.271 e. The minimum Gasteiger partial charge on any atom is -0.490 e. The van der Waals surface area contributed by atoms with E-state index in [1.807, 2.05) is 0 Å². The molecule has 118 valence electrons. The lowest BCUT2D eigenvalue weighted by molar-refractivity contribution is 0.0955. The van der Waals surface area contributed by atoms with Crippen LogP contribution in [-0.4, -0.2) is 18.7 Å². The van der Waals surface area contributed by atoms with Crippen LogP contribution in [0.4, 0.5) is 0 Å². The maximum atomic E-state index is 12.0. The van der Waals surface area contributed by atoms with Crippen molar-refractivity contribution < 1.29 is 9.53 Å². The zero-order chi connectivity index (χ0) is 16.7. The Hall–Kier alpha value is -2.30. The van der Waals surface area contributed by atoms with Crippen molar-refractivity contribution in [3.8, 4) is 5.75 Å². The van der Waals surface area contributed by atoms with E-state index >= 15 is 0 Å². The highest BCUT2D eigenvalue weighted by atomic mass is 35.5. The Morgan fingerprint density at radius 2 is 1.96 bits per heavy atom. The molecular weight excluding hydrogens is 335 g/mol. The van der Waals surface area contributed by atoms with Crippen LogP contribution in [0.15, 0.2) is 60.2 Å². The van der Waals surface area contributed by atoms with E-state index in [1.165, 1.54) is 6.21 Å². The van der Waals surface area contributed by atoms with Gasteiger partial charge in [0.05, 0.1) is 16.3 Å². The smallest absolute Gasteiger partial charge is 0.271 e. The van der Waals surface area contributed by atoms with Crippen LogP contribution in [0.3, 0.4) is 0 Å². The molecule has 2 aromatic carbocycles. The van der Waals surface area contributed by atoms with Gasteiger partial charge < -0.3 is 4.74 Å². The van der Waals surface area contributed by atoms with Gasteiger partial charge in [-0.3, -0.25) is 4.79 Å². The standard InChI is InChI=1S/C17H14Cl2N2O2/c1-2-10-23-14-8-6-12(7-9-14)17(22)21-20-11-13-4-3-5-15(18)16(13)19/h2-9,11H,1,10H2,(H,21,22)/b20-11-. The van der Waals surface area contributed by atoms with Crippen LogP contribution in [0.25, 0.3) is 0 Å². The first-order valence-corrected chi connectivity index (χ1v) is 7.48. The summed E-state index contributed by atoms with van der Waals surface area (Å²) in [5, 5.41) is 4.69. The monoisotopic (exact) mass is 348 g/mol. The molecule has 0 fully saturated rings. The van der Waals surface area contributed by atoms with Gasteiger partial charge in [0.1, 0.15) is 12.4 Å². The van der Waals surface area contributed by atoms with Crippen molar-refractivity contribution in [1.29, 1.82) is 0 Å². The van der Waals surface area contributed by atoms with Gasteiger partial charge in [-0.2, -0.15) is 5.10 Å². The van der Waals surface area contributed by atoms with E-state index in [1.54, 1.807) is 48.5 Å². The molecule has 4 nitrogen and oxygen atoms in total. The molecule has 0 saturated heterocycles. The van der Waals surface area contributed by atoms with E-state index in [0.717, 1.165) is 0 Å². The Labute approximate surface area is 144 Å². The summed E-state index contributed by atoms with van der Waals surface area (Å²) in [5.41, 5.74) is 3.51. The molecule has 1 N–H and O–H groups in total. The molecule has 2 aromatic rings. The summed E-state index contributed by atoms with van der Waals surface area (Å²) < 4.78 is 5.35. The third-order valence-corrected chi connectivity index (χ3v) is 3.67. The number of hydrazone groups is 1. The average Bonchev–Trinajstić information content (AvgIpc) is 2.57. The summed E-state index contributed by atoms with van der Waals surface area (Å²) in [7, 11) is 0. The molecule has 2 rings (SSSR count). The van der Waals surface area contributed by atoms with Gasteiger partial charge in [0.15, 0.2) is 0 Å². The molecular formula is C17H14Cl2N2O2. The van der Waals surface area contributed by atoms with Crippen LogP contribution in [0.5, 0.6) is 5.75 Å². The van der Waals surface area contributed by atoms with Crippen molar-refractivity contribution in [2.75, 3.05) is 6.61 Å². The molecule has 0 atom stereocenters. The number of nitrogens with one attached hydrogen (secondary N) is 1. The number of hydrogen-bond acceptors (Lipinski definition) is 3. The van der Waals surface area contributed by atoms with Crippen LogP contribution < -0.4 is 10.2 Å². The van der Waals surface area contributed by atoms with Gasteiger partial charge in [-0.05, 0) is 30.3 Å². The van der Waals surface area contributed by atoms with Crippen molar-refractivity contribution in [3.63, 3.8) is 0 Å². The van der Waals surface area contributed by atoms with Gasteiger partial charge in [-0.1, -0.05) is 48.0 Å². The van der Waals surface area contributed by atoms with E-state index < -0.39 is 0 Å². The third kappa shape index (κ3) is 4.84. The highest BCUT2D eigenvalue weighted by Crippen LogP contribution is 2.24. The van der Waals surface area contributed by atoms with E-state index in [2.05, 4.69) is 17.1 Å². The summed E-state index contributed by atoms with van der Waals surface area (Å²) >= 11 is 11.9. The maximum absolute atomic E-state index is 12.0. The molecule has 0 unspecified atom stereocenters. The molecule has 0 spiro atoms. The molecule has 23 heavy (non-hydrogen) atoms. The van der Waals surface area contributed by atoms with Crippen LogP contribution in [0.2, 0.25) is 10.0 Å². The lowest BCUT2D eigenvalue weighted by Gasteiger charge is -2.04. The molecule has 0 saturated carbocycles. The van der Waals surface area contributed by atoms with Crippen molar-refractivity contribution in [3.05, 3.63) is 76.3 Å². The van der Waals surface area contributed by atoms with Gasteiger partial charge >= 0.3 is 0 Å². The highest BCUT2D eigenvalue weighted by Gasteiger charge is 2.05. The normalized spacial score (nSPS) is 10.5. The molecule has 0 bridgehead atoms. The second-order valence-corrected chi connectivity index (χ2v) is 5.25. The predicted molar refractivity (Wildman–Crippen MR) is 93.7 cm³/mol. The predicted octanol–water partition coefficient (Wildman–Crippen LogP) is 4.32. The van der Waals surface area contributed by atoms with Crippen molar-refractivity contribution >= 4 is 35.3 Å². The Bertz CT molecular complexity index is 728. The van der Waals surface area contributed by atoms with Crippen molar-refractivity contribution in [1.82, 2.24) is 5.43 Å². The topological polar surface area (TPSA) is 50.7 Å². The third-order valence-electron chi connectivity index (χ3n) is 2.84. The molecule has 1 amide bonds. The largest absolute Gasteiger partial charge is 0.490 e. The fourth-order valence-electron chi connectivity index (χ4n) is 1.70. The summed E-state index contributed by atoms with van der Waals surface area (Å²) in [5.74, 6) is 0.324. The Kier molecular flexibility index (Phi) is 6.20. The second-order valence-electron chi connectivity index (χ2n) is 4.47. The van der Waals surface area contributed by atoms with Crippen molar-refractivity contribution in [2.24, 2.45) is 5.10 Å².